The largest absolute Gasteiger partial charge is 0.321 e. The smallest absolute Gasteiger partial charge is 0.260 e. The van der Waals surface area contributed by atoms with E-state index in [1.807, 2.05) is 30.3 Å². The molecule has 1 N–H and O–H groups in total. The fourth-order valence-corrected chi connectivity index (χ4v) is 3.22. The number of allylic oxidation sites excluding steroid dienone is 1. The number of carbonyl (C=O) groups is 1. The average molecular weight is 388 g/mol. The van der Waals surface area contributed by atoms with Gasteiger partial charge in [0.05, 0.1) is 17.5 Å². The highest BCUT2D eigenvalue weighted by Crippen LogP contribution is 2.31. The number of fused-ring (bicyclic) bond motifs is 1. The summed E-state index contributed by atoms with van der Waals surface area (Å²) in [6.07, 6.45) is 7.48. The summed E-state index contributed by atoms with van der Waals surface area (Å²) < 4.78 is 0. The highest BCUT2D eigenvalue weighted by Gasteiger charge is 2.19. The lowest BCUT2D eigenvalue weighted by atomic mass is 9.94. The Bertz CT molecular complexity index is 1250. The predicted octanol–water partition coefficient (Wildman–Crippen LogP) is 4.53. The second kappa shape index (κ2) is 7.58. The molecule has 4 rings (SSSR count). The highest BCUT2D eigenvalue weighted by atomic mass is 35.5. The number of aromatic amines is 1. The van der Waals surface area contributed by atoms with Crippen LogP contribution in [0.4, 0.5) is 0 Å². The fourth-order valence-electron chi connectivity index (χ4n) is 3.05. The summed E-state index contributed by atoms with van der Waals surface area (Å²) in [5.41, 5.74) is 2.05. The summed E-state index contributed by atoms with van der Waals surface area (Å²) >= 11 is 6.18. The van der Waals surface area contributed by atoms with Gasteiger partial charge in [0.1, 0.15) is 0 Å². The molecule has 0 atom stereocenters. The first-order valence-corrected chi connectivity index (χ1v) is 8.90. The van der Waals surface area contributed by atoms with Crippen molar-refractivity contribution in [2.45, 2.75) is 0 Å². The Kier molecular flexibility index (Phi) is 4.83. The lowest BCUT2D eigenvalue weighted by molar-refractivity contribution is 0.104. The molecule has 2 aromatic carbocycles. The first-order chi connectivity index (χ1) is 13.6. The molecule has 0 bridgehead atoms. The van der Waals surface area contributed by atoms with Gasteiger partial charge in [0.25, 0.3) is 5.56 Å². The normalized spacial score (nSPS) is 11.2. The van der Waals surface area contributed by atoms with Gasteiger partial charge in [-0.05, 0) is 35.9 Å². The SMILES string of the molecule is O=C(/C=C/c1cnccn1)c1c(-c2ccccc2)c2cc(Cl)ccc2[nH]c1=O. The van der Waals surface area contributed by atoms with Crippen molar-refractivity contribution in [3.63, 3.8) is 0 Å². The molecule has 2 heterocycles. The molecule has 0 radical (unpaired) electrons. The van der Waals surface area contributed by atoms with Crippen LogP contribution in [0.2, 0.25) is 5.02 Å². The zero-order valence-electron chi connectivity index (χ0n) is 14.6. The minimum atomic E-state index is -0.456. The van der Waals surface area contributed by atoms with Crippen molar-refractivity contribution in [2.24, 2.45) is 0 Å². The second-order valence-electron chi connectivity index (χ2n) is 6.09. The van der Waals surface area contributed by atoms with E-state index in [4.69, 9.17) is 11.6 Å². The van der Waals surface area contributed by atoms with Crippen molar-refractivity contribution in [1.29, 1.82) is 0 Å². The summed E-state index contributed by atoms with van der Waals surface area (Å²) in [6, 6.07) is 14.5. The van der Waals surface area contributed by atoms with E-state index in [1.165, 1.54) is 24.5 Å². The minimum absolute atomic E-state index is 0.0566. The van der Waals surface area contributed by atoms with E-state index in [2.05, 4.69) is 15.0 Å². The zero-order chi connectivity index (χ0) is 19.5. The molecular formula is C22H14ClN3O2. The third-order valence-electron chi connectivity index (χ3n) is 4.27. The molecule has 0 amide bonds. The van der Waals surface area contributed by atoms with E-state index < -0.39 is 11.3 Å². The van der Waals surface area contributed by atoms with Gasteiger partial charge in [-0.15, -0.1) is 0 Å². The molecule has 0 unspecified atom stereocenters. The van der Waals surface area contributed by atoms with Gasteiger partial charge < -0.3 is 4.98 Å². The Morgan fingerprint density at radius 2 is 1.89 bits per heavy atom. The number of aromatic nitrogens is 3. The molecule has 2 aromatic heterocycles. The van der Waals surface area contributed by atoms with Gasteiger partial charge >= 0.3 is 0 Å². The van der Waals surface area contributed by atoms with Gasteiger partial charge in [0.2, 0.25) is 0 Å². The number of halogens is 1. The first kappa shape index (κ1) is 17.8. The summed E-state index contributed by atoms with van der Waals surface area (Å²) in [5, 5.41) is 1.22. The van der Waals surface area contributed by atoms with E-state index in [1.54, 1.807) is 24.4 Å². The molecule has 6 heteroatoms. The van der Waals surface area contributed by atoms with Crippen LogP contribution in [0.25, 0.3) is 28.1 Å². The van der Waals surface area contributed by atoms with Crippen LogP contribution in [0.1, 0.15) is 16.1 Å². The Labute approximate surface area is 165 Å². The molecule has 0 aliphatic rings. The quantitative estimate of drug-likeness (QED) is 0.412. The van der Waals surface area contributed by atoms with Gasteiger partial charge in [-0.25, -0.2) is 0 Å². The van der Waals surface area contributed by atoms with Crippen molar-refractivity contribution in [3.05, 3.63) is 99.8 Å². The monoisotopic (exact) mass is 387 g/mol. The molecule has 0 aliphatic heterocycles. The van der Waals surface area contributed by atoms with Crippen molar-refractivity contribution < 1.29 is 4.79 Å². The molecule has 0 saturated heterocycles. The van der Waals surface area contributed by atoms with Gasteiger partial charge in [-0.1, -0.05) is 41.9 Å². The number of rotatable bonds is 4. The maximum atomic E-state index is 13.0. The minimum Gasteiger partial charge on any atom is -0.321 e. The van der Waals surface area contributed by atoms with Crippen molar-refractivity contribution in [2.75, 3.05) is 0 Å². The second-order valence-corrected chi connectivity index (χ2v) is 6.52. The number of nitrogens with one attached hydrogen (secondary N) is 1. The average Bonchev–Trinajstić information content (AvgIpc) is 2.73. The summed E-state index contributed by atoms with van der Waals surface area (Å²) in [6.45, 7) is 0. The van der Waals surface area contributed by atoms with Gasteiger partial charge in [-0.2, -0.15) is 0 Å². The predicted molar refractivity (Wildman–Crippen MR) is 110 cm³/mol. The number of hydrogen-bond acceptors (Lipinski definition) is 4. The van der Waals surface area contributed by atoms with Crippen LogP contribution in [0.3, 0.4) is 0 Å². The Hall–Kier alpha value is -3.57. The van der Waals surface area contributed by atoms with Crippen molar-refractivity contribution >= 4 is 34.4 Å². The number of nitrogens with zero attached hydrogens (tertiary/aromatic N) is 2. The van der Waals surface area contributed by atoms with E-state index >= 15 is 0 Å². The zero-order valence-corrected chi connectivity index (χ0v) is 15.4. The first-order valence-electron chi connectivity index (χ1n) is 8.53. The maximum Gasteiger partial charge on any atom is 0.260 e. The van der Waals surface area contributed by atoms with E-state index in [-0.39, 0.29) is 5.56 Å². The van der Waals surface area contributed by atoms with Gasteiger partial charge in [0.15, 0.2) is 5.78 Å². The lowest BCUT2D eigenvalue weighted by Gasteiger charge is -2.11. The third kappa shape index (κ3) is 3.48. The van der Waals surface area contributed by atoms with Crippen LogP contribution in [-0.4, -0.2) is 20.7 Å². The standard InChI is InChI=1S/C22H14ClN3O2/c23-15-6-8-18-17(12-15)20(14-4-2-1-3-5-14)21(22(28)26-18)19(27)9-7-16-13-24-10-11-25-16/h1-13H,(H,26,28)/b9-7+. The van der Waals surface area contributed by atoms with Crippen LogP contribution >= 0.6 is 11.6 Å². The van der Waals surface area contributed by atoms with Crippen LogP contribution in [-0.2, 0) is 0 Å². The third-order valence-corrected chi connectivity index (χ3v) is 4.51. The van der Waals surface area contributed by atoms with Crippen molar-refractivity contribution in [3.8, 4) is 11.1 Å². The number of carbonyl (C=O) groups excluding carboxylic acids is 1. The molecule has 0 saturated carbocycles. The van der Waals surface area contributed by atoms with Crippen LogP contribution in [0.15, 0.2) is 78.0 Å². The summed E-state index contributed by atoms with van der Waals surface area (Å²) in [7, 11) is 0. The molecule has 0 spiro atoms. The van der Waals surface area contributed by atoms with E-state index in [0.717, 1.165) is 5.56 Å². The topological polar surface area (TPSA) is 75.7 Å². The number of ketones is 1. The van der Waals surface area contributed by atoms with Gasteiger partial charge in [-0.3, -0.25) is 19.6 Å². The molecule has 0 fully saturated rings. The van der Waals surface area contributed by atoms with Crippen LogP contribution < -0.4 is 5.56 Å². The Morgan fingerprint density at radius 1 is 1.07 bits per heavy atom. The van der Waals surface area contributed by atoms with Crippen molar-refractivity contribution in [1.82, 2.24) is 15.0 Å². The van der Waals surface area contributed by atoms with E-state index in [9.17, 15) is 9.59 Å². The number of pyridine rings is 1. The van der Waals surface area contributed by atoms with E-state index in [0.29, 0.717) is 27.2 Å². The van der Waals surface area contributed by atoms with Crippen LogP contribution in [0.5, 0.6) is 0 Å². The molecular weight excluding hydrogens is 374 g/mol. The molecule has 136 valence electrons. The maximum absolute atomic E-state index is 13.0. The summed E-state index contributed by atoms with van der Waals surface area (Å²) in [5.74, 6) is -0.423. The highest BCUT2D eigenvalue weighted by molar-refractivity contribution is 6.31. The molecule has 28 heavy (non-hydrogen) atoms. The number of H-pyrrole nitrogens is 1. The summed E-state index contributed by atoms with van der Waals surface area (Å²) in [4.78, 5) is 36.6. The molecule has 5 nitrogen and oxygen atoms in total. The number of benzene rings is 2. The molecule has 0 aliphatic carbocycles. The van der Waals surface area contributed by atoms with Gasteiger partial charge in [0, 0.05) is 33.9 Å². The number of hydrogen-bond donors (Lipinski definition) is 1. The fraction of sp³-hybridized carbons (Fsp3) is 0. The molecule has 4 aromatic rings. The Morgan fingerprint density at radius 3 is 2.64 bits per heavy atom. The Balaban J connectivity index is 1.95. The van der Waals surface area contributed by atoms with Crippen LogP contribution in [0, 0.1) is 0 Å². The lowest BCUT2D eigenvalue weighted by Crippen LogP contribution is -2.18.